The van der Waals surface area contributed by atoms with Gasteiger partial charge in [0.15, 0.2) is 9.84 Å². The summed E-state index contributed by atoms with van der Waals surface area (Å²) in [5.74, 6) is -0.233. The number of carbonyl (C=O) groups excluding carboxylic acids is 1. The van der Waals surface area contributed by atoms with Gasteiger partial charge in [0.05, 0.1) is 17.6 Å². The normalized spacial score (nSPS) is 18.0. The number of hydrogen-bond acceptors (Lipinski definition) is 5. The van der Waals surface area contributed by atoms with Gasteiger partial charge in [0.1, 0.15) is 0 Å². The van der Waals surface area contributed by atoms with Crippen LogP contribution in [0.3, 0.4) is 0 Å². The van der Waals surface area contributed by atoms with Crippen molar-refractivity contribution >= 4 is 26.7 Å². The van der Waals surface area contributed by atoms with E-state index in [1.807, 2.05) is 6.07 Å². The topological polar surface area (TPSA) is 77.4 Å². The zero-order valence-corrected chi connectivity index (χ0v) is 15.1. The molecule has 3 rings (SSSR count). The Bertz CT molecular complexity index is 912. The van der Waals surface area contributed by atoms with Crippen molar-refractivity contribution in [2.75, 3.05) is 19.9 Å². The maximum absolute atomic E-state index is 12.2. The van der Waals surface area contributed by atoms with Gasteiger partial charge in [-0.25, -0.2) is 13.2 Å². The highest BCUT2D eigenvalue weighted by Crippen LogP contribution is 2.33. The Morgan fingerprint density at radius 2 is 2.04 bits per heavy atom. The van der Waals surface area contributed by atoms with E-state index in [4.69, 9.17) is 4.74 Å². The monoisotopic (exact) mass is 350 g/mol. The van der Waals surface area contributed by atoms with Gasteiger partial charge in [-0.15, -0.1) is 0 Å². The minimum Gasteiger partial charge on any atom is -0.465 e. The minimum atomic E-state index is -3.54. The van der Waals surface area contributed by atoms with E-state index in [0.29, 0.717) is 5.92 Å². The largest absolute Gasteiger partial charge is 0.465 e. The number of sulfone groups is 1. The molecule has 0 amide bonds. The minimum absolute atomic E-state index is 0.0161. The Morgan fingerprint density at radius 1 is 1.33 bits per heavy atom. The van der Waals surface area contributed by atoms with Crippen LogP contribution < -0.4 is 5.32 Å². The fraction of sp³-hybridized carbons (Fsp3) is 0.471. The van der Waals surface area contributed by atoms with Crippen molar-refractivity contribution in [1.82, 2.24) is 9.88 Å². The summed E-state index contributed by atoms with van der Waals surface area (Å²) in [4.78, 5) is 12.1. The van der Waals surface area contributed by atoms with E-state index >= 15 is 0 Å². The zero-order chi connectivity index (χ0) is 17.6. The number of fused-ring (bicyclic) bond motifs is 3. The Balaban J connectivity index is 2.31. The maximum atomic E-state index is 12.2. The molecule has 7 heteroatoms. The second-order valence-corrected chi connectivity index (χ2v) is 8.55. The van der Waals surface area contributed by atoms with Crippen LogP contribution in [0, 0.1) is 5.92 Å². The van der Waals surface area contributed by atoms with Gasteiger partial charge in [-0.1, -0.05) is 13.8 Å². The summed E-state index contributed by atoms with van der Waals surface area (Å²) >= 11 is 0. The van der Waals surface area contributed by atoms with Crippen LogP contribution in [-0.2, 0) is 21.1 Å². The van der Waals surface area contributed by atoms with Gasteiger partial charge in [0, 0.05) is 42.0 Å². The molecule has 24 heavy (non-hydrogen) atoms. The summed E-state index contributed by atoms with van der Waals surface area (Å²) in [5, 5.41) is 4.35. The molecule has 0 fully saturated rings. The van der Waals surface area contributed by atoms with E-state index in [9.17, 15) is 13.2 Å². The molecule has 0 spiro atoms. The van der Waals surface area contributed by atoms with Gasteiger partial charge in [0.2, 0.25) is 0 Å². The zero-order valence-electron chi connectivity index (χ0n) is 14.3. The van der Waals surface area contributed by atoms with Crippen molar-refractivity contribution in [3.8, 4) is 0 Å². The van der Waals surface area contributed by atoms with E-state index in [2.05, 4.69) is 23.7 Å². The van der Waals surface area contributed by atoms with Crippen molar-refractivity contribution in [3.63, 3.8) is 0 Å². The van der Waals surface area contributed by atoms with E-state index < -0.39 is 15.8 Å². The van der Waals surface area contributed by atoms with E-state index in [1.54, 1.807) is 12.1 Å². The molecule has 0 aliphatic carbocycles. The Labute approximate surface area is 141 Å². The summed E-state index contributed by atoms with van der Waals surface area (Å²) in [5.41, 5.74) is 2.04. The smallest absolute Gasteiger partial charge is 0.339 e. The Kier molecular flexibility index (Phi) is 4.17. The van der Waals surface area contributed by atoms with Crippen LogP contribution in [0.2, 0.25) is 0 Å². The molecule has 130 valence electrons. The first-order chi connectivity index (χ1) is 11.2. The summed E-state index contributed by atoms with van der Waals surface area (Å²) in [6.07, 6.45) is 1.11. The number of benzene rings is 1. The Morgan fingerprint density at radius 3 is 2.62 bits per heavy atom. The first kappa shape index (κ1) is 17.0. The lowest BCUT2D eigenvalue weighted by atomic mass is 9.99. The molecule has 0 bridgehead atoms. The quantitative estimate of drug-likeness (QED) is 0.858. The first-order valence-electron chi connectivity index (χ1n) is 7.93. The van der Waals surface area contributed by atoms with E-state index in [0.717, 1.165) is 35.9 Å². The standard InChI is InChI=1S/C17H22N2O4S/c1-10(2)16-14-8-11-7-12(17(20)23-3)15(24(4,21)22)9-13(11)19(14)6-5-18-16/h7-10,16,18H,5-6H2,1-4H3/t16-/m1/s1. The molecule has 1 atom stereocenters. The third-order valence-electron chi connectivity index (χ3n) is 4.52. The molecular weight excluding hydrogens is 328 g/mol. The number of methoxy groups -OCH3 is 1. The van der Waals surface area contributed by atoms with Crippen LogP contribution in [-0.4, -0.2) is 38.9 Å². The van der Waals surface area contributed by atoms with Gasteiger partial charge in [-0.05, 0) is 24.1 Å². The highest BCUT2D eigenvalue weighted by molar-refractivity contribution is 7.90. The van der Waals surface area contributed by atoms with E-state index in [1.165, 1.54) is 7.11 Å². The summed E-state index contributed by atoms with van der Waals surface area (Å²) in [7, 11) is -2.29. The molecule has 1 aromatic heterocycles. The predicted molar refractivity (Wildman–Crippen MR) is 92.0 cm³/mol. The number of ether oxygens (including phenoxy) is 1. The number of nitrogens with zero attached hydrogens (tertiary/aromatic N) is 1. The number of nitrogens with one attached hydrogen (secondary N) is 1. The molecule has 6 nitrogen and oxygen atoms in total. The third-order valence-corrected chi connectivity index (χ3v) is 5.66. The van der Waals surface area contributed by atoms with Crippen LogP contribution in [0.4, 0.5) is 0 Å². The van der Waals surface area contributed by atoms with Crippen LogP contribution in [0.1, 0.15) is 35.9 Å². The van der Waals surface area contributed by atoms with Crippen molar-refractivity contribution < 1.29 is 17.9 Å². The Hall–Kier alpha value is -1.86. The molecule has 1 N–H and O–H groups in total. The van der Waals surface area contributed by atoms with Crippen molar-refractivity contribution in [2.24, 2.45) is 5.92 Å². The SMILES string of the molecule is COC(=O)c1cc2cc3n(c2cc1S(C)(=O)=O)CCN[C@@H]3C(C)C. The van der Waals surface area contributed by atoms with Crippen LogP contribution in [0.15, 0.2) is 23.1 Å². The lowest BCUT2D eigenvalue weighted by molar-refractivity contribution is 0.0596. The number of carbonyl (C=O) groups is 1. The lowest BCUT2D eigenvalue weighted by Gasteiger charge is -2.29. The van der Waals surface area contributed by atoms with Gasteiger partial charge >= 0.3 is 5.97 Å². The molecule has 2 heterocycles. The number of esters is 1. The van der Waals surface area contributed by atoms with Gasteiger partial charge in [-0.3, -0.25) is 0 Å². The molecule has 0 unspecified atom stereocenters. The maximum Gasteiger partial charge on any atom is 0.339 e. The molecule has 1 aliphatic heterocycles. The first-order valence-corrected chi connectivity index (χ1v) is 9.82. The lowest BCUT2D eigenvalue weighted by Crippen LogP contribution is -2.35. The number of hydrogen-bond donors (Lipinski definition) is 1. The van der Waals surface area contributed by atoms with Crippen LogP contribution in [0.25, 0.3) is 10.9 Å². The van der Waals surface area contributed by atoms with Gasteiger partial charge in [-0.2, -0.15) is 0 Å². The number of rotatable bonds is 3. The average molecular weight is 350 g/mol. The van der Waals surface area contributed by atoms with E-state index in [-0.39, 0.29) is 16.5 Å². The third kappa shape index (κ3) is 2.71. The van der Waals surface area contributed by atoms with Gasteiger partial charge in [0.25, 0.3) is 0 Å². The van der Waals surface area contributed by atoms with Gasteiger partial charge < -0.3 is 14.6 Å². The van der Waals surface area contributed by atoms with Crippen LogP contribution in [0.5, 0.6) is 0 Å². The van der Waals surface area contributed by atoms with Crippen molar-refractivity contribution in [1.29, 1.82) is 0 Å². The average Bonchev–Trinajstić information content (AvgIpc) is 2.89. The molecule has 0 saturated heterocycles. The summed E-state index contributed by atoms with van der Waals surface area (Å²) in [6, 6.07) is 5.46. The van der Waals surface area contributed by atoms with Crippen molar-refractivity contribution in [2.45, 2.75) is 31.3 Å². The fourth-order valence-electron chi connectivity index (χ4n) is 3.41. The molecule has 1 aromatic carbocycles. The van der Waals surface area contributed by atoms with Crippen molar-refractivity contribution in [3.05, 3.63) is 29.5 Å². The second-order valence-electron chi connectivity index (χ2n) is 6.57. The molecule has 0 radical (unpaired) electrons. The number of aromatic nitrogens is 1. The molecule has 0 saturated carbocycles. The molecular formula is C17H22N2O4S. The molecule has 2 aromatic rings. The predicted octanol–water partition coefficient (Wildman–Crippen LogP) is 2.13. The molecule has 1 aliphatic rings. The summed E-state index contributed by atoms with van der Waals surface area (Å²) in [6.45, 7) is 5.88. The van der Waals surface area contributed by atoms with Crippen LogP contribution >= 0.6 is 0 Å². The highest BCUT2D eigenvalue weighted by Gasteiger charge is 2.27. The fourth-order valence-corrected chi connectivity index (χ4v) is 4.28. The second kappa shape index (κ2) is 5.89. The highest BCUT2D eigenvalue weighted by atomic mass is 32.2. The summed E-state index contributed by atoms with van der Waals surface area (Å²) < 4.78 is 31.2.